The second-order valence-corrected chi connectivity index (χ2v) is 13.3. The first-order valence-electron chi connectivity index (χ1n) is 17.6. The topological polar surface area (TPSA) is 218 Å². The number of halogens is 1. The predicted octanol–water partition coefficient (Wildman–Crippen LogP) is 0.0110. The minimum Gasteiger partial charge on any atom is -0.454 e. The monoisotopic (exact) mass is 757 g/mol. The summed E-state index contributed by atoms with van der Waals surface area (Å²) in [4.78, 5) is 86.4. The van der Waals surface area contributed by atoms with E-state index in [0.29, 0.717) is 47.9 Å². The highest BCUT2D eigenvalue weighted by Gasteiger charge is 2.30. The number of unbranched alkanes of at least 4 members (excludes halogenated alkanes) is 1. The Hall–Kier alpha value is -4.93. The molecule has 0 aromatic heterocycles. The van der Waals surface area contributed by atoms with Gasteiger partial charge < -0.3 is 51.0 Å². The van der Waals surface area contributed by atoms with Gasteiger partial charge in [0, 0.05) is 44.2 Å². The summed E-state index contributed by atoms with van der Waals surface area (Å²) in [5.41, 5.74) is 12.8. The molecule has 288 valence electrons. The highest BCUT2D eigenvalue weighted by Crippen LogP contribution is 2.33. The molecule has 0 saturated carbocycles. The van der Waals surface area contributed by atoms with Crippen LogP contribution in [0.2, 0.25) is 5.02 Å². The maximum atomic E-state index is 14.2. The maximum Gasteiger partial charge on any atom is 0.242 e. The van der Waals surface area contributed by atoms with Gasteiger partial charge in [0.1, 0.15) is 12.6 Å². The number of nitrogens with two attached hydrogens (primary N) is 2. The van der Waals surface area contributed by atoms with E-state index >= 15 is 0 Å². The van der Waals surface area contributed by atoms with Crippen LogP contribution >= 0.6 is 11.6 Å². The molecule has 2 aliphatic heterocycles. The molecule has 6 N–H and O–H groups in total. The van der Waals surface area contributed by atoms with E-state index in [-0.39, 0.29) is 58.8 Å². The number of rotatable bonds is 13. The minimum atomic E-state index is -1.25. The molecule has 17 heteroatoms. The number of nitrogens with zero attached hydrogens (tertiary/aromatic N) is 4. The van der Waals surface area contributed by atoms with E-state index < -0.39 is 67.7 Å². The van der Waals surface area contributed by atoms with Crippen molar-refractivity contribution in [3.63, 3.8) is 0 Å². The van der Waals surface area contributed by atoms with E-state index in [0.717, 1.165) is 5.56 Å². The lowest BCUT2D eigenvalue weighted by Crippen LogP contribution is -2.51. The summed E-state index contributed by atoms with van der Waals surface area (Å²) in [6, 6.07) is 10.9. The third-order valence-corrected chi connectivity index (χ3v) is 9.16. The average Bonchev–Trinajstić information content (AvgIpc) is 3.60. The highest BCUT2D eigenvalue weighted by molar-refractivity contribution is 6.30. The van der Waals surface area contributed by atoms with Gasteiger partial charge in [-0.05, 0) is 74.0 Å². The summed E-state index contributed by atoms with van der Waals surface area (Å²) in [7, 11) is 0. The third-order valence-electron chi connectivity index (χ3n) is 8.91. The Labute approximate surface area is 313 Å². The number of carbonyl (C=O) groups is 6. The van der Waals surface area contributed by atoms with Crippen LogP contribution in [0.1, 0.15) is 43.2 Å². The lowest BCUT2D eigenvalue weighted by molar-refractivity contribution is -0.146. The molecule has 16 nitrogen and oxygen atoms in total. The summed E-state index contributed by atoms with van der Waals surface area (Å²) >= 11 is 6.05. The first kappa shape index (κ1) is 40.8. The second kappa shape index (κ2) is 20.3. The molecule has 2 aliphatic rings. The normalized spacial score (nSPS) is 18.0. The van der Waals surface area contributed by atoms with E-state index in [2.05, 4.69) is 5.32 Å². The zero-order chi connectivity index (χ0) is 38.3. The molecule has 2 aromatic carbocycles. The van der Waals surface area contributed by atoms with Gasteiger partial charge in [-0.1, -0.05) is 29.8 Å². The van der Waals surface area contributed by atoms with Crippen molar-refractivity contribution < 1.29 is 43.3 Å². The van der Waals surface area contributed by atoms with Crippen LogP contribution in [-0.2, 0) is 41.7 Å². The predicted molar refractivity (Wildman–Crippen MR) is 193 cm³/mol. The van der Waals surface area contributed by atoms with Crippen molar-refractivity contribution in [1.29, 1.82) is 0 Å². The van der Waals surface area contributed by atoms with Gasteiger partial charge in [-0.15, -0.1) is 0 Å². The highest BCUT2D eigenvalue weighted by atomic mass is 35.5. The Bertz CT molecular complexity index is 1610. The first-order chi connectivity index (χ1) is 25.5. The Morgan fingerprint density at radius 1 is 0.774 bits per heavy atom. The molecule has 4 rings (SSSR count). The Balaban J connectivity index is 1.70. The number of carbonyl (C=O) groups excluding carboxylic acids is 6. The van der Waals surface area contributed by atoms with Crippen molar-refractivity contribution in [1.82, 2.24) is 24.9 Å². The van der Waals surface area contributed by atoms with Gasteiger partial charge in [-0.25, -0.2) is 0 Å². The molecular weight excluding hydrogens is 710 g/mol. The number of hydrogen-bond acceptors (Lipinski definition) is 10. The Kier molecular flexibility index (Phi) is 15.7. The lowest BCUT2D eigenvalue weighted by Gasteiger charge is -2.31. The first-order valence-corrected chi connectivity index (χ1v) is 18.0. The molecule has 1 fully saturated rings. The molecule has 2 heterocycles. The number of amides is 6. The van der Waals surface area contributed by atoms with E-state index in [1.54, 1.807) is 42.5 Å². The Morgan fingerprint density at radius 2 is 1.38 bits per heavy atom. The molecule has 0 bridgehead atoms. The Morgan fingerprint density at radius 3 is 2.06 bits per heavy atom. The van der Waals surface area contributed by atoms with E-state index in [1.807, 2.05) is 0 Å². The van der Waals surface area contributed by atoms with Crippen LogP contribution in [0, 0.1) is 0 Å². The van der Waals surface area contributed by atoms with Crippen LogP contribution in [-0.4, -0.2) is 132 Å². The van der Waals surface area contributed by atoms with Crippen molar-refractivity contribution in [3.8, 4) is 11.5 Å². The lowest BCUT2D eigenvalue weighted by atomic mass is 10.1. The number of benzene rings is 2. The van der Waals surface area contributed by atoms with Gasteiger partial charge in [0.15, 0.2) is 11.5 Å². The maximum absolute atomic E-state index is 14.2. The molecule has 1 unspecified atom stereocenters. The molecular formula is C36H48ClN7O9. The average molecular weight is 758 g/mol. The molecule has 2 aromatic rings. The van der Waals surface area contributed by atoms with Crippen LogP contribution < -0.4 is 26.3 Å². The zero-order valence-electron chi connectivity index (χ0n) is 29.7. The summed E-state index contributed by atoms with van der Waals surface area (Å²) in [5.74, 6) is -2.71. The fraction of sp³-hybridized carbons (Fsp3) is 0.500. The van der Waals surface area contributed by atoms with Crippen molar-refractivity contribution in [3.05, 3.63) is 58.6 Å². The summed E-state index contributed by atoms with van der Waals surface area (Å²) in [5, 5.41) is 12.6. The van der Waals surface area contributed by atoms with Gasteiger partial charge in [0.05, 0.1) is 19.6 Å². The number of nitrogens with one attached hydrogen (secondary N) is 1. The number of primary amides is 1. The fourth-order valence-electron chi connectivity index (χ4n) is 5.91. The zero-order valence-corrected chi connectivity index (χ0v) is 30.4. The van der Waals surface area contributed by atoms with E-state index in [9.17, 15) is 33.9 Å². The summed E-state index contributed by atoms with van der Waals surface area (Å²) in [6.07, 6.45) is 1.16. The van der Waals surface area contributed by atoms with E-state index in [4.69, 9.17) is 32.5 Å². The summed E-state index contributed by atoms with van der Waals surface area (Å²) in [6.45, 7) is -1.35. The van der Waals surface area contributed by atoms with Crippen molar-refractivity contribution >= 4 is 47.0 Å². The molecule has 53 heavy (non-hydrogen) atoms. The van der Waals surface area contributed by atoms with Crippen molar-refractivity contribution in [2.75, 3.05) is 65.8 Å². The smallest absolute Gasteiger partial charge is 0.242 e. The molecule has 0 aliphatic carbocycles. The van der Waals surface area contributed by atoms with Gasteiger partial charge in [0.2, 0.25) is 42.2 Å². The SMILES string of the molecule is NCCCCN1CC(=O)N(Cc2ccc3c(c2)OCO3)CC(=O)N(CCc2ccc(Cl)cc2)CC(=O)NC(C(N)=O)CCC(=O)N(CCCO)CC1=O. The van der Waals surface area contributed by atoms with Crippen LogP contribution in [0.4, 0.5) is 0 Å². The van der Waals surface area contributed by atoms with Crippen LogP contribution in [0.3, 0.4) is 0 Å². The van der Waals surface area contributed by atoms with Gasteiger partial charge in [-0.3, -0.25) is 28.8 Å². The van der Waals surface area contributed by atoms with Gasteiger partial charge in [0.25, 0.3) is 0 Å². The molecule has 1 atom stereocenters. The number of hydrogen-bond donors (Lipinski definition) is 4. The van der Waals surface area contributed by atoms with Crippen LogP contribution in [0.5, 0.6) is 11.5 Å². The standard InChI is InChI=1S/C36H48ClN7O9/c37-27-7-4-25(5-8-27)12-16-43-20-31(46)40-28(36(39)51)9-11-32(47)41(15-3-17-45)21-33(48)42(14-2-1-13-38)22-35(50)44(23-34(43)49)19-26-6-10-29-30(18-26)53-24-52-29/h4-8,10,18,28,45H,1-3,9,11-17,19-24,38H2,(H2,39,51)(H,40,46). The van der Waals surface area contributed by atoms with Crippen LogP contribution in [0.15, 0.2) is 42.5 Å². The third kappa shape index (κ3) is 12.6. The molecule has 0 spiro atoms. The van der Waals surface area contributed by atoms with Crippen molar-refractivity contribution in [2.24, 2.45) is 11.5 Å². The number of aliphatic hydroxyl groups excluding tert-OH is 1. The largest absolute Gasteiger partial charge is 0.454 e. The van der Waals surface area contributed by atoms with Crippen LogP contribution in [0.25, 0.3) is 0 Å². The summed E-state index contributed by atoms with van der Waals surface area (Å²) < 4.78 is 10.9. The second-order valence-electron chi connectivity index (χ2n) is 12.9. The fourth-order valence-corrected chi connectivity index (χ4v) is 6.03. The molecule has 6 amide bonds. The van der Waals surface area contributed by atoms with E-state index in [1.165, 1.54) is 19.6 Å². The minimum absolute atomic E-state index is 0.0343. The van der Waals surface area contributed by atoms with Gasteiger partial charge >= 0.3 is 0 Å². The van der Waals surface area contributed by atoms with Gasteiger partial charge in [-0.2, -0.15) is 0 Å². The quantitative estimate of drug-likeness (QED) is 0.201. The number of fused-ring (bicyclic) bond motifs is 1. The van der Waals surface area contributed by atoms with Crippen molar-refractivity contribution in [2.45, 2.75) is 51.1 Å². The number of aliphatic hydroxyl groups is 1. The molecule has 0 radical (unpaired) electrons. The molecule has 1 saturated heterocycles. The number of ether oxygens (including phenoxy) is 2.